The molecule has 0 aliphatic carbocycles. The van der Waals surface area contributed by atoms with Crippen LogP contribution < -0.4 is 5.32 Å². The smallest absolute Gasteiger partial charge is 0.325 e. The fraction of sp³-hybridized carbons (Fsp3) is 0.214. The first-order valence-electron chi connectivity index (χ1n) is 6.29. The van der Waals surface area contributed by atoms with Crippen molar-refractivity contribution in [3.8, 4) is 10.6 Å². The number of rotatable bonds is 5. The van der Waals surface area contributed by atoms with Gasteiger partial charge in [-0.05, 0) is 19.1 Å². The Hall–Kier alpha value is -1.63. The van der Waals surface area contributed by atoms with E-state index in [1.54, 1.807) is 23.6 Å². The molecule has 1 aromatic heterocycles. The largest absolute Gasteiger partial charge is 0.480 e. The van der Waals surface area contributed by atoms with E-state index in [1.165, 1.54) is 18.3 Å². The molecular weight excluding hydrogens is 347 g/mol. The Labute approximate surface area is 140 Å². The van der Waals surface area contributed by atoms with Gasteiger partial charge in [0.25, 0.3) is 0 Å². The number of benzene rings is 1. The highest BCUT2D eigenvalue weighted by Crippen LogP contribution is 2.36. The van der Waals surface area contributed by atoms with Gasteiger partial charge in [0, 0.05) is 10.9 Å². The van der Waals surface area contributed by atoms with Crippen LogP contribution in [0.1, 0.15) is 12.6 Å². The zero-order valence-corrected chi connectivity index (χ0v) is 13.8. The molecule has 2 rings (SSSR count). The lowest BCUT2D eigenvalue weighted by Crippen LogP contribution is -2.39. The molecule has 2 aromatic rings. The summed E-state index contributed by atoms with van der Waals surface area (Å²) in [5, 5.41) is 14.4. The van der Waals surface area contributed by atoms with Gasteiger partial charge in [-0.2, -0.15) is 0 Å². The molecule has 0 saturated carbocycles. The number of hydrogen-bond acceptors (Lipinski definition) is 4. The monoisotopic (exact) mass is 358 g/mol. The molecule has 0 unspecified atom stereocenters. The predicted molar refractivity (Wildman–Crippen MR) is 86.5 cm³/mol. The second kappa shape index (κ2) is 7.09. The third kappa shape index (κ3) is 3.97. The first-order chi connectivity index (χ1) is 10.4. The summed E-state index contributed by atoms with van der Waals surface area (Å²) in [6.45, 7) is 1.40. The molecule has 8 heteroatoms. The quantitative estimate of drug-likeness (QED) is 0.859. The zero-order chi connectivity index (χ0) is 16.3. The first kappa shape index (κ1) is 16.7. The van der Waals surface area contributed by atoms with Gasteiger partial charge in [0.1, 0.15) is 11.0 Å². The molecule has 1 amide bonds. The van der Waals surface area contributed by atoms with E-state index in [1.807, 2.05) is 0 Å². The van der Waals surface area contributed by atoms with Crippen LogP contribution in [0.15, 0.2) is 23.6 Å². The van der Waals surface area contributed by atoms with Gasteiger partial charge in [-0.1, -0.05) is 29.3 Å². The second-order valence-corrected chi connectivity index (χ2v) is 6.22. The first-order valence-corrected chi connectivity index (χ1v) is 7.93. The predicted octanol–water partition coefficient (Wildman–Crippen LogP) is 3.25. The fourth-order valence-corrected chi connectivity index (χ4v) is 3.30. The number of aliphatic carboxylic acids is 1. The van der Waals surface area contributed by atoms with Crippen molar-refractivity contribution < 1.29 is 14.7 Å². The fourth-order valence-electron chi connectivity index (χ4n) is 1.72. The Kier molecular flexibility index (Phi) is 5.39. The maximum absolute atomic E-state index is 11.7. The van der Waals surface area contributed by atoms with Gasteiger partial charge in [-0.25, -0.2) is 4.98 Å². The van der Waals surface area contributed by atoms with Crippen molar-refractivity contribution in [1.29, 1.82) is 0 Å². The summed E-state index contributed by atoms with van der Waals surface area (Å²) in [6.07, 6.45) is -0.00378. The number of halogens is 2. The Morgan fingerprint density at radius 1 is 1.36 bits per heavy atom. The third-order valence-electron chi connectivity index (χ3n) is 2.82. The number of thiazole rings is 1. The van der Waals surface area contributed by atoms with E-state index < -0.39 is 17.9 Å². The van der Waals surface area contributed by atoms with Crippen LogP contribution in [0.4, 0.5) is 0 Å². The van der Waals surface area contributed by atoms with E-state index in [9.17, 15) is 9.59 Å². The molecular formula is C14H12Cl2N2O3S. The highest BCUT2D eigenvalue weighted by molar-refractivity contribution is 7.13. The van der Waals surface area contributed by atoms with Gasteiger partial charge in [0.2, 0.25) is 5.91 Å². The van der Waals surface area contributed by atoms with E-state index in [-0.39, 0.29) is 6.42 Å². The number of carbonyl (C=O) groups is 2. The number of carboxylic acids is 1. The number of aromatic nitrogens is 1. The minimum Gasteiger partial charge on any atom is -0.480 e. The topological polar surface area (TPSA) is 79.3 Å². The molecule has 5 nitrogen and oxygen atoms in total. The van der Waals surface area contributed by atoms with Crippen molar-refractivity contribution in [3.63, 3.8) is 0 Å². The minimum absolute atomic E-state index is 0.00378. The lowest BCUT2D eigenvalue weighted by atomic mass is 10.2. The van der Waals surface area contributed by atoms with Crippen molar-refractivity contribution in [2.45, 2.75) is 19.4 Å². The molecule has 2 N–H and O–H groups in total. The van der Waals surface area contributed by atoms with Crippen molar-refractivity contribution >= 4 is 46.4 Å². The molecule has 0 aliphatic heterocycles. The van der Waals surface area contributed by atoms with Gasteiger partial charge in [0.15, 0.2) is 0 Å². The molecule has 0 bridgehead atoms. The SMILES string of the molecule is C[C@@H](NC(=O)Cc1csc(-c2c(Cl)cccc2Cl)n1)C(=O)O. The van der Waals surface area contributed by atoms with Gasteiger partial charge < -0.3 is 10.4 Å². The number of amides is 1. The van der Waals surface area contributed by atoms with Crippen LogP contribution in [0.25, 0.3) is 10.6 Å². The highest BCUT2D eigenvalue weighted by atomic mass is 35.5. The van der Waals surface area contributed by atoms with Gasteiger partial charge in [-0.15, -0.1) is 11.3 Å². The van der Waals surface area contributed by atoms with Crippen LogP contribution in [0, 0.1) is 0 Å². The lowest BCUT2D eigenvalue weighted by Gasteiger charge is -2.07. The van der Waals surface area contributed by atoms with E-state index >= 15 is 0 Å². The average molecular weight is 359 g/mol. The maximum atomic E-state index is 11.7. The lowest BCUT2D eigenvalue weighted by molar-refractivity contribution is -0.141. The molecule has 1 heterocycles. The molecule has 116 valence electrons. The van der Waals surface area contributed by atoms with Crippen molar-refractivity contribution in [2.75, 3.05) is 0 Å². The number of carbonyl (C=O) groups excluding carboxylic acids is 1. The van der Waals surface area contributed by atoms with Crippen LogP contribution >= 0.6 is 34.5 Å². The van der Waals surface area contributed by atoms with Crippen LogP contribution in [-0.2, 0) is 16.0 Å². The summed E-state index contributed by atoms with van der Waals surface area (Å²) >= 11 is 13.6. The number of carboxylic acid groups (broad SMARTS) is 1. The Balaban J connectivity index is 2.12. The van der Waals surface area contributed by atoms with E-state index in [0.29, 0.717) is 26.3 Å². The summed E-state index contributed by atoms with van der Waals surface area (Å²) in [6, 6.07) is 4.23. The van der Waals surface area contributed by atoms with E-state index in [4.69, 9.17) is 28.3 Å². The molecule has 0 fully saturated rings. The standard InChI is InChI=1S/C14H12Cl2N2O3S/c1-7(14(20)21)17-11(19)5-8-6-22-13(18-8)12-9(15)3-2-4-10(12)16/h2-4,6-7H,5H2,1H3,(H,17,19)(H,20,21)/t7-/m1/s1. The Morgan fingerprint density at radius 3 is 2.59 bits per heavy atom. The van der Waals surface area contributed by atoms with Gasteiger partial charge in [-0.3, -0.25) is 9.59 Å². The summed E-state index contributed by atoms with van der Waals surface area (Å²) in [4.78, 5) is 26.8. The molecule has 0 spiro atoms. The normalized spacial score (nSPS) is 12.0. The Bertz CT molecular complexity index is 698. The van der Waals surface area contributed by atoms with E-state index in [0.717, 1.165) is 0 Å². The van der Waals surface area contributed by atoms with Crippen LogP contribution in [0.3, 0.4) is 0 Å². The summed E-state index contributed by atoms with van der Waals surface area (Å²) in [5.74, 6) is -1.49. The summed E-state index contributed by atoms with van der Waals surface area (Å²) < 4.78 is 0. The van der Waals surface area contributed by atoms with E-state index in [2.05, 4.69) is 10.3 Å². The number of nitrogens with zero attached hydrogens (tertiary/aromatic N) is 1. The molecule has 0 radical (unpaired) electrons. The number of nitrogens with one attached hydrogen (secondary N) is 1. The average Bonchev–Trinajstić information content (AvgIpc) is 2.86. The van der Waals surface area contributed by atoms with Gasteiger partial charge >= 0.3 is 5.97 Å². The van der Waals surface area contributed by atoms with Crippen LogP contribution in [0.2, 0.25) is 10.0 Å². The van der Waals surface area contributed by atoms with Crippen LogP contribution in [-0.4, -0.2) is 28.0 Å². The summed E-state index contributed by atoms with van der Waals surface area (Å²) in [7, 11) is 0. The van der Waals surface area contributed by atoms with Crippen molar-refractivity contribution in [1.82, 2.24) is 10.3 Å². The highest BCUT2D eigenvalue weighted by Gasteiger charge is 2.17. The molecule has 1 aromatic carbocycles. The molecule has 0 aliphatic rings. The Morgan fingerprint density at radius 2 is 2.00 bits per heavy atom. The zero-order valence-electron chi connectivity index (χ0n) is 11.5. The minimum atomic E-state index is -1.09. The third-order valence-corrected chi connectivity index (χ3v) is 4.36. The summed E-state index contributed by atoms with van der Waals surface area (Å²) in [5.41, 5.74) is 1.16. The van der Waals surface area contributed by atoms with Crippen LogP contribution in [0.5, 0.6) is 0 Å². The molecule has 0 saturated heterocycles. The van der Waals surface area contributed by atoms with Crippen molar-refractivity contribution in [3.05, 3.63) is 39.3 Å². The number of hydrogen-bond donors (Lipinski definition) is 2. The van der Waals surface area contributed by atoms with Crippen molar-refractivity contribution in [2.24, 2.45) is 0 Å². The molecule has 1 atom stereocenters. The second-order valence-electron chi connectivity index (χ2n) is 4.54. The van der Waals surface area contributed by atoms with Gasteiger partial charge in [0.05, 0.1) is 22.2 Å². The molecule has 22 heavy (non-hydrogen) atoms. The maximum Gasteiger partial charge on any atom is 0.325 e.